The number of fused-ring (bicyclic) bond motifs is 1. The lowest BCUT2D eigenvalue weighted by atomic mass is 10.1. The molecule has 1 N–H and O–H groups in total. The first kappa shape index (κ1) is 32.7. The van der Waals surface area contributed by atoms with E-state index in [0.29, 0.717) is 76.5 Å². The molecule has 1 aromatic carbocycles. The SMILES string of the molecule is COC1CCN(c2nccc(Nc3cc4c(cn3)nc(COCCOCCOCCOCc3ccccc3)n4C(C)C)n2)CC1. The summed E-state index contributed by atoms with van der Waals surface area (Å²) in [5.41, 5.74) is 2.96. The van der Waals surface area contributed by atoms with Crippen LogP contribution in [0.1, 0.15) is 44.1 Å². The van der Waals surface area contributed by atoms with Crippen molar-refractivity contribution < 1.29 is 23.7 Å². The van der Waals surface area contributed by atoms with E-state index >= 15 is 0 Å². The van der Waals surface area contributed by atoms with Crippen molar-refractivity contribution in [3.8, 4) is 0 Å². The van der Waals surface area contributed by atoms with Gasteiger partial charge in [0, 0.05) is 38.5 Å². The highest BCUT2D eigenvalue weighted by Crippen LogP contribution is 2.25. The van der Waals surface area contributed by atoms with E-state index in [1.54, 1.807) is 19.5 Å². The van der Waals surface area contributed by atoms with Gasteiger partial charge in [-0.25, -0.2) is 15.0 Å². The molecule has 12 heteroatoms. The Morgan fingerprint density at radius 2 is 1.51 bits per heavy atom. The Morgan fingerprint density at radius 3 is 2.20 bits per heavy atom. The Hall–Kier alpha value is -3.68. The zero-order valence-corrected chi connectivity index (χ0v) is 26.6. The molecule has 0 bridgehead atoms. The lowest BCUT2D eigenvalue weighted by Gasteiger charge is -2.31. The molecule has 3 aromatic heterocycles. The molecule has 0 spiro atoms. The lowest BCUT2D eigenvalue weighted by Crippen LogP contribution is -2.37. The molecule has 1 aliphatic rings. The first-order chi connectivity index (χ1) is 22.1. The number of anilines is 3. The molecule has 12 nitrogen and oxygen atoms in total. The van der Waals surface area contributed by atoms with Gasteiger partial charge >= 0.3 is 0 Å². The maximum Gasteiger partial charge on any atom is 0.227 e. The highest BCUT2D eigenvalue weighted by Gasteiger charge is 2.21. The summed E-state index contributed by atoms with van der Waals surface area (Å²) < 4.78 is 30.5. The molecule has 1 fully saturated rings. The quantitative estimate of drug-likeness (QED) is 0.153. The van der Waals surface area contributed by atoms with Crippen LogP contribution in [0.2, 0.25) is 0 Å². The van der Waals surface area contributed by atoms with E-state index in [9.17, 15) is 0 Å². The van der Waals surface area contributed by atoms with Crippen molar-refractivity contribution in [2.75, 3.05) is 70.1 Å². The number of hydrogen-bond acceptors (Lipinski definition) is 11. The summed E-state index contributed by atoms with van der Waals surface area (Å²) >= 11 is 0. The lowest BCUT2D eigenvalue weighted by molar-refractivity contribution is -0.00709. The molecule has 4 aromatic rings. The van der Waals surface area contributed by atoms with Crippen molar-refractivity contribution >= 4 is 28.6 Å². The third kappa shape index (κ3) is 9.65. The van der Waals surface area contributed by atoms with E-state index < -0.39 is 0 Å². The Morgan fingerprint density at radius 1 is 0.822 bits per heavy atom. The second-order valence-corrected chi connectivity index (χ2v) is 11.2. The molecule has 242 valence electrons. The van der Waals surface area contributed by atoms with Crippen molar-refractivity contribution in [2.45, 2.75) is 52.0 Å². The second kappa shape index (κ2) is 17.1. The van der Waals surface area contributed by atoms with Crippen molar-refractivity contribution in [3.63, 3.8) is 0 Å². The number of pyridine rings is 1. The number of benzene rings is 1. The van der Waals surface area contributed by atoms with Crippen LogP contribution in [0, 0.1) is 0 Å². The predicted octanol–water partition coefficient (Wildman–Crippen LogP) is 4.93. The average Bonchev–Trinajstić information content (AvgIpc) is 3.43. The van der Waals surface area contributed by atoms with Gasteiger partial charge in [0.2, 0.25) is 5.95 Å². The summed E-state index contributed by atoms with van der Waals surface area (Å²) in [6, 6.07) is 14.2. The fourth-order valence-corrected chi connectivity index (χ4v) is 5.27. The Balaban J connectivity index is 1.04. The van der Waals surface area contributed by atoms with Crippen molar-refractivity contribution in [3.05, 3.63) is 66.2 Å². The summed E-state index contributed by atoms with van der Waals surface area (Å²) in [4.78, 5) is 20.8. The third-order valence-electron chi connectivity index (χ3n) is 7.58. The fraction of sp³-hybridized carbons (Fsp3) is 0.515. The molecule has 0 aliphatic carbocycles. The van der Waals surface area contributed by atoms with Gasteiger partial charge < -0.3 is 38.5 Å². The molecule has 5 rings (SSSR count). The number of piperidine rings is 1. The molecule has 0 atom stereocenters. The Kier molecular flexibility index (Phi) is 12.5. The van der Waals surface area contributed by atoms with Gasteiger partial charge in [-0.3, -0.25) is 0 Å². The minimum absolute atomic E-state index is 0.189. The number of ether oxygens (including phenoxy) is 5. The number of nitrogens with one attached hydrogen (secondary N) is 1. The van der Waals surface area contributed by atoms with Crippen LogP contribution in [-0.2, 0) is 36.9 Å². The van der Waals surface area contributed by atoms with Crippen LogP contribution in [0.3, 0.4) is 0 Å². The zero-order valence-electron chi connectivity index (χ0n) is 26.6. The van der Waals surface area contributed by atoms with Gasteiger partial charge in [-0.15, -0.1) is 0 Å². The van der Waals surface area contributed by atoms with Crippen LogP contribution in [0.4, 0.5) is 17.6 Å². The van der Waals surface area contributed by atoms with E-state index in [4.69, 9.17) is 33.7 Å². The normalized spacial score (nSPS) is 14.1. The standard InChI is InChI=1S/C33H45N7O5/c1-25(2)40-29-21-31(37-30-9-12-34-33(38-30)39-13-10-27(41-3)11-14-39)35-22-28(29)36-32(40)24-45-20-18-43-16-15-42-17-19-44-23-26-7-5-4-6-8-26/h4-9,12,21-22,25,27H,10-11,13-20,23-24H2,1-3H3,(H,34,35,37,38). The number of rotatable bonds is 18. The van der Waals surface area contributed by atoms with Gasteiger partial charge in [0.25, 0.3) is 0 Å². The smallest absolute Gasteiger partial charge is 0.227 e. The maximum atomic E-state index is 5.92. The molecule has 0 unspecified atom stereocenters. The van der Waals surface area contributed by atoms with Crippen molar-refractivity contribution in [2.24, 2.45) is 0 Å². The Bertz CT molecular complexity index is 1440. The number of imidazole rings is 1. The second-order valence-electron chi connectivity index (χ2n) is 11.2. The molecular formula is C33H45N7O5. The predicted molar refractivity (Wildman–Crippen MR) is 173 cm³/mol. The summed E-state index contributed by atoms with van der Waals surface area (Å²) in [5, 5.41) is 3.35. The molecule has 0 saturated carbocycles. The molecule has 4 heterocycles. The number of methoxy groups -OCH3 is 1. The zero-order chi connectivity index (χ0) is 31.3. The van der Waals surface area contributed by atoms with E-state index in [0.717, 1.165) is 48.4 Å². The van der Waals surface area contributed by atoms with Crippen LogP contribution in [0.15, 0.2) is 54.9 Å². The van der Waals surface area contributed by atoms with E-state index in [1.165, 1.54) is 0 Å². The summed E-state index contributed by atoms with van der Waals surface area (Å²) in [5.74, 6) is 2.95. The summed E-state index contributed by atoms with van der Waals surface area (Å²) in [6.07, 6.45) is 5.80. The molecule has 45 heavy (non-hydrogen) atoms. The monoisotopic (exact) mass is 619 g/mol. The van der Waals surface area contributed by atoms with Gasteiger partial charge in [-0.2, -0.15) is 4.98 Å². The van der Waals surface area contributed by atoms with Crippen molar-refractivity contribution in [1.82, 2.24) is 24.5 Å². The minimum Gasteiger partial charge on any atom is -0.381 e. The van der Waals surface area contributed by atoms with Gasteiger partial charge in [0.15, 0.2) is 0 Å². The van der Waals surface area contributed by atoms with Gasteiger partial charge in [-0.05, 0) is 38.3 Å². The molecule has 1 saturated heterocycles. The van der Waals surface area contributed by atoms with E-state index in [1.807, 2.05) is 42.5 Å². The molecule has 0 amide bonds. The van der Waals surface area contributed by atoms with Crippen LogP contribution >= 0.6 is 0 Å². The largest absolute Gasteiger partial charge is 0.381 e. The van der Waals surface area contributed by atoms with Crippen molar-refractivity contribution in [1.29, 1.82) is 0 Å². The number of hydrogen-bond donors (Lipinski definition) is 1. The fourth-order valence-electron chi connectivity index (χ4n) is 5.27. The van der Waals surface area contributed by atoms with Gasteiger partial charge in [-0.1, -0.05) is 30.3 Å². The minimum atomic E-state index is 0.189. The van der Waals surface area contributed by atoms with Crippen LogP contribution in [0.25, 0.3) is 11.0 Å². The molecule has 0 radical (unpaired) electrons. The van der Waals surface area contributed by atoms with E-state index in [2.05, 4.69) is 38.6 Å². The molecule has 1 aliphatic heterocycles. The molecular weight excluding hydrogens is 574 g/mol. The van der Waals surface area contributed by atoms with Gasteiger partial charge in [0.05, 0.1) is 64.1 Å². The van der Waals surface area contributed by atoms with Crippen LogP contribution in [0.5, 0.6) is 0 Å². The first-order valence-corrected chi connectivity index (χ1v) is 15.7. The average molecular weight is 620 g/mol. The van der Waals surface area contributed by atoms with E-state index in [-0.39, 0.29) is 6.04 Å². The topological polar surface area (TPSA) is 118 Å². The number of nitrogens with zero attached hydrogens (tertiary/aromatic N) is 6. The van der Waals surface area contributed by atoms with Crippen LogP contribution in [-0.4, -0.2) is 90.4 Å². The summed E-state index contributed by atoms with van der Waals surface area (Å²) in [6.45, 7) is 10.1. The number of aromatic nitrogens is 5. The highest BCUT2D eigenvalue weighted by molar-refractivity contribution is 5.79. The maximum absolute atomic E-state index is 5.92. The Labute approximate surface area is 265 Å². The van der Waals surface area contributed by atoms with Crippen LogP contribution < -0.4 is 10.2 Å². The highest BCUT2D eigenvalue weighted by atomic mass is 16.6. The summed E-state index contributed by atoms with van der Waals surface area (Å²) in [7, 11) is 1.77. The first-order valence-electron chi connectivity index (χ1n) is 15.7. The third-order valence-corrected chi connectivity index (χ3v) is 7.58. The van der Waals surface area contributed by atoms with Gasteiger partial charge in [0.1, 0.15) is 29.6 Å².